The molecule has 1 heterocycles. The Bertz CT molecular complexity index is 960. The van der Waals surface area contributed by atoms with Crippen LogP contribution in [0.1, 0.15) is 0 Å². The topological polar surface area (TPSA) is 14.2 Å². The van der Waals surface area contributed by atoms with Crippen LogP contribution in [0.3, 0.4) is 0 Å². The SMILES string of the molecule is COc1ccc(-n2c3ccc(Cl)cc3c3cc(Cl)ccc32)cc1. The molecule has 4 aromatic rings. The van der Waals surface area contributed by atoms with Gasteiger partial charge in [-0.25, -0.2) is 0 Å². The van der Waals surface area contributed by atoms with Crippen molar-refractivity contribution in [3.8, 4) is 11.4 Å². The average molecular weight is 342 g/mol. The minimum Gasteiger partial charge on any atom is -0.497 e. The first-order valence-electron chi connectivity index (χ1n) is 7.21. The number of hydrogen-bond donors (Lipinski definition) is 0. The van der Waals surface area contributed by atoms with Gasteiger partial charge in [-0.2, -0.15) is 0 Å². The quantitative estimate of drug-likeness (QED) is 0.429. The Kier molecular flexibility index (Phi) is 3.44. The third kappa shape index (κ3) is 2.35. The Morgan fingerprint density at radius 1 is 0.739 bits per heavy atom. The zero-order valence-corrected chi connectivity index (χ0v) is 13.9. The standard InChI is InChI=1S/C19H13Cl2NO/c1-23-15-6-4-14(5-7-15)22-18-8-2-12(20)10-16(18)17-11-13(21)3-9-19(17)22/h2-11H,1H3. The molecular formula is C19H13Cl2NO. The first kappa shape index (κ1) is 14.4. The molecule has 0 N–H and O–H groups in total. The van der Waals surface area contributed by atoms with Crippen LogP contribution in [0.15, 0.2) is 60.7 Å². The Morgan fingerprint density at radius 3 is 1.74 bits per heavy atom. The van der Waals surface area contributed by atoms with Crippen molar-refractivity contribution in [1.29, 1.82) is 0 Å². The van der Waals surface area contributed by atoms with Crippen LogP contribution in [0.25, 0.3) is 27.5 Å². The number of hydrogen-bond acceptors (Lipinski definition) is 1. The van der Waals surface area contributed by atoms with Crippen LogP contribution in [-0.2, 0) is 0 Å². The Hall–Kier alpha value is -2.16. The van der Waals surface area contributed by atoms with Crippen molar-refractivity contribution in [3.63, 3.8) is 0 Å². The number of benzene rings is 3. The predicted molar refractivity (Wildman–Crippen MR) is 97.4 cm³/mol. The van der Waals surface area contributed by atoms with Gasteiger partial charge in [0.1, 0.15) is 5.75 Å². The Balaban J connectivity index is 2.10. The molecule has 0 saturated heterocycles. The molecule has 0 aliphatic heterocycles. The smallest absolute Gasteiger partial charge is 0.119 e. The fourth-order valence-electron chi connectivity index (χ4n) is 2.98. The summed E-state index contributed by atoms with van der Waals surface area (Å²) in [6, 6.07) is 19.9. The summed E-state index contributed by atoms with van der Waals surface area (Å²) in [7, 11) is 1.67. The lowest BCUT2D eigenvalue weighted by Gasteiger charge is -2.08. The first-order valence-corrected chi connectivity index (χ1v) is 7.96. The fraction of sp³-hybridized carbons (Fsp3) is 0.0526. The van der Waals surface area contributed by atoms with Gasteiger partial charge in [0.15, 0.2) is 0 Å². The van der Waals surface area contributed by atoms with E-state index in [0.717, 1.165) is 33.2 Å². The molecule has 0 radical (unpaired) electrons. The summed E-state index contributed by atoms with van der Waals surface area (Å²) in [6.07, 6.45) is 0. The highest BCUT2D eigenvalue weighted by Gasteiger charge is 2.13. The molecule has 0 aliphatic rings. The van der Waals surface area contributed by atoms with Crippen molar-refractivity contribution in [3.05, 3.63) is 70.7 Å². The molecule has 1 aromatic heterocycles. The molecule has 2 nitrogen and oxygen atoms in total. The van der Waals surface area contributed by atoms with Gasteiger partial charge in [-0.05, 0) is 60.7 Å². The number of rotatable bonds is 2. The number of methoxy groups -OCH3 is 1. The summed E-state index contributed by atoms with van der Waals surface area (Å²) in [5.41, 5.74) is 3.25. The van der Waals surface area contributed by atoms with Crippen molar-refractivity contribution in [2.24, 2.45) is 0 Å². The van der Waals surface area contributed by atoms with E-state index in [0.29, 0.717) is 10.0 Å². The van der Waals surface area contributed by atoms with Crippen LogP contribution in [0.4, 0.5) is 0 Å². The number of aromatic nitrogens is 1. The molecule has 23 heavy (non-hydrogen) atoms. The predicted octanol–water partition coefficient (Wildman–Crippen LogP) is 6.10. The fourth-order valence-corrected chi connectivity index (χ4v) is 3.32. The molecule has 0 atom stereocenters. The number of ether oxygens (including phenoxy) is 1. The zero-order chi connectivity index (χ0) is 16.0. The molecule has 0 aliphatic carbocycles. The van der Waals surface area contributed by atoms with Gasteiger partial charge in [-0.3, -0.25) is 0 Å². The molecule has 0 unspecified atom stereocenters. The lowest BCUT2D eigenvalue weighted by molar-refractivity contribution is 0.415. The van der Waals surface area contributed by atoms with Gasteiger partial charge >= 0.3 is 0 Å². The van der Waals surface area contributed by atoms with E-state index in [1.54, 1.807) is 7.11 Å². The van der Waals surface area contributed by atoms with E-state index in [1.807, 2.05) is 60.7 Å². The molecule has 0 bridgehead atoms. The van der Waals surface area contributed by atoms with Crippen molar-refractivity contribution >= 4 is 45.0 Å². The number of fused-ring (bicyclic) bond motifs is 3. The van der Waals surface area contributed by atoms with Gasteiger partial charge in [0, 0.05) is 26.5 Å². The lowest BCUT2D eigenvalue weighted by atomic mass is 10.1. The van der Waals surface area contributed by atoms with Gasteiger partial charge in [0.05, 0.1) is 18.1 Å². The molecule has 0 fully saturated rings. The second kappa shape index (κ2) is 5.48. The highest BCUT2D eigenvalue weighted by Crippen LogP contribution is 2.35. The highest BCUT2D eigenvalue weighted by molar-refractivity contribution is 6.33. The van der Waals surface area contributed by atoms with Crippen LogP contribution in [0, 0.1) is 0 Å². The third-order valence-electron chi connectivity index (χ3n) is 4.02. The molecule has 114 valence electrons. The molecule has 0 spiro atoms. The van der Waals surface area contributed by atoms with E-state index in [1.165, 1.54) is 0 Å². The van der Waals surface area contributed by atoms with Crippen molar-refractivity contribution in [2.45, 2.75) is 0 Å². The van der Waals surface area contributed by atoms with Crippen molar-refractivity contribution < 1.29 is 4.74 Å². The normalized spacial score (nSPS) is 11.3. The monoisotopic (exact) mass is 341 g/mol. The van der Waals surface area contributed by atoms with Crippen LogP contribution < -0.4 is 4.74 Å². The van der Waals surface area contributed by atoms with Gasteiger partial charge in [0.2, 0.25) is 0 Å². The maximum Gasteiger partial charge on any atom is 0.119 e. The molecule has 0 amide bonds. The summed E-state index contributed by atoms with van der Waals surface area (Å²) in [4.78, 5) is 0. The van der Waals surface area contributed by atoms with Gasteiger partial charge in [-0.1, -0.05) is 23.2 Å². The Morgan fingerprint density at radius 2 is 1.26 bits per heavy atom. The summed E-state index contributed by atoms with van der Waals surface area (Å²) in [5, 5.41) is 3.61. The maximum absolute atomic E-state index is 6.19. The summed E-state index contributed by atoms with van der Waals surface area (Å²) in [6.45, 7) is 0. The maximum atomic E-state index is 6.19. The van der Waals surface area contributed by atoms with E-state index in [4.69, 9.17) is 27.9 Å². The van der Waals surface area contributed by atoms with E-state index in [9.17, 15) is 0 Å². The largest absolute Gasteiger partial charge is 0.497 e. The molecular weight excluding hydrogens is 329 g/mol. The lowest BCUT2D eigenvalue weighted by Crippen LogP contribution is -1.93. The number of nitrogens with zero attached hydrogens (tertiary/aromatic N) is 1. The summed E-state index contributed by atoms with van der Waals surface area (Å²) < 4.78 is 7.45. The van der Waals surface area contributed by atoms with E-state index in [2.05, 4.69) is 4.57 Å². The van der Waals surface area contributed by atoms with Crippen LogP contribution >= 0.6 is 23.2 Å². The van der Waals surface area contributed by atoms with Gasteiger partial charge in [-0.15, -0.1) is 0 Å². The Labute approximate surface area is 143 Å². The van der Waals surface area contributed by atoms with Crippen LogP contribution in [0.5, 0.6) is 5.75 Å². The van der Waals surface area contributed by atoms with E-state index >= 15 is 0 Å². The molecule has 4 heteroatoms. The van der Waals surface area contributed by atoms with Crippen molar-refractivity contribution in [2.75, 3.05) is 7.11 Å². The average Bonchev–Trinajstić information content (AvgIpc) is 2.88. The molecule has 0 saturated carbocycles. The minimum atomic E-state index is 0.714. The van der Waals surface area contributed by atoms with E-state index < -0.39 is 0 Å². The van der Waals surface area contributed by atoms with Gasteiger partial charge < -0.3 is 9.30 Å². The molecule has 3 aromatic carbocycles. The molecule has 4 rings (SSSR count). The highest BCUT2D eigenvalue weighted by atomic mass is 35.5. The minimum absolute atomic E-state index is 0.714. The van der Waals surface area contributed by atoms with Gasteiger partial charge in [0.25, 0.3) is 0 Å². The second-order valence-corrected chi connectivity index (χ2v) is 6.23. The number of halogens is 2. The first-order chi connectivity index (χ1) is 11.2. The second-order valence-electron chi connectivity index (χ2n) is 5.36. The van der Waals surface area contributed by atoms with E-state index in [-0.39, 0.29) is 0 Å². The zero-order valence-electron chi connectivity index (χ0n) is 12.4. The van der Waals surface area contributed by atoms with Crippen LogP contribution in [-0.4, -0.2) is 11.7 Å². The summed E-state index contributed by atoms with van der Waals surface area (Å²) in [5.74, 6) is 0.834. The summed E-state index contributed by atoms with van der Waals surface area (Å²) >= 11 is 12.4. The van der Waals surface area contributed by atoms with Crippen LogP contribution in [0.2, 0.25) is 10.0 Å². The van der Waals surface area contributed by atoms with Crippen molar-refractivity contribution in [1.82, 2.24) is 4.57 Å². The third-order valence-corrected chi connectivity index (χ3v) is 4.49.